The van der Waals surface area contributed by atoms with Crippen molar-refractivity contribution in [2.75, 3.05) is 20.2 Å². The maximum Gasteiger partial charge on any atom is 0.410 e. The van der Waals surface area contributed by atoms with Crippen LogP contribution in [-0.4, -0.2) is 53.8 Å². The summed E-state index contributed by atoms with van der Waals surface area (Å²) in [5, 5.41) is 0. The first-order valence-corrected chi connectivity index (χ1v) is 9.22. The number of carbonyl (C=O) groups excluding carboxylic acids is 1. The van der Waals surface area contributed by atoms with E-state index in [9.17, 15) is 4.79 Å². The lowest BCUT2D eigenvalue weighted by Crippen LogP contribution is -2.45. The zero-order valence-electron chi connectivity index (χ0n) is 15.8. The van der Waals surface area contributed by atoms with Crippen molar-refractivity contribution in [3.63, 3.8) is 0 Å². The topological polar surface area (TPSA) is 42.0 Å². The molecule has 138 valence electrons. The Morgan fingerprint density at radius 3 is 2.44 bits per heavy atom. The Labute approximate surface area is 150 Å². The van der Waals surface area contributed by atoms with Crippen LogP contribution >= 0.6 is 0 Å². The first-order chi connectivity index (χ1) is 11.9. The fourth-order valence-electron chi connectivity index (χ4n) is 3.89. The number of rotatable bonds is 3. The van der Waals surface area contributed by atoms with Crippen molar-refractivity contribution in [1.82, 2.24) is 9.80 Å². The molecule has 2 saturated heterocycles. The van der Waals surface area contributed by atoms with Crippen molar-refractivity contribution >= 4 is 6.09 Å². The van der Waals surface area contributed by atoms with Gasteiger partial charge in [0.1, 0.15) is 11.4 Å². The van der Waals surface area contributed by atoms with Crippen LogP contribution in [0.4, 0.5) is 4.79 Å². The third-order valence-electron chi connectivity index (χ3n) is 5.04. The molecule has 1 amide bonds. The summed E-state index contributed by atoms with van der Waals surface area (Å²) in [7, 11) is 1.69. The van der Waals surface area contributed by atoms with Crippen LogP contribution in [0, 0.1) is 0 Å². The highest BCUT2D eigenvalue weighted by Crippen LogP contribution is 2.32. The van der Waals surface area contributed by atoms with Crippen LogP contribution in [0.3, 0.4) is 0 Å². The highest BCUT2D eigenvalue weighted by atomic mass is 16.6. The molecule has 2 unspecified atom stereocenters. The molecule has 2 aliphatic rings. The molecule has 2 bridgehead atoms. The third kappa shape index (κ3) is 4.46. The van der Waals surface area contributed by atoms with E-state index in [1.807, 2.05) is 37.8 Å². The summed E-state index contributed by atoms with van der Waals surface area (Å²) in [5.74, 6) is 0.884. The van der Waals surface area contributed by atoms with Gasteiger partial charge in [0.25, 0.3) is 0 Å². The number of hydrogen-bond acceptors (Lipinski definition) is 4. The van der Waals surface area contributed by atoms with Gasteiger partial charge in [-0.2, -0.15) is 0 Å². The Bertz CT molecular complexity index is 594. The summed E-state index contributed by atoms with van der Waals surface area (Å²) in [6, 6.07) is 8.83. The quantitative estimate of drug-likeness (QED) is 0.837. The fourth-order valence-corrected chi connectivity index (χ4v) is 3.89. The van der Waals surface area contributed by atoms with Gasteiger partial charge in [-0.05, 0) is 57.7 Å². The number of likely N-dealkylation sites (tertiary alicyclic amines) is 1. The number of carbonyl (C=O) groups is 1. The van der Waals surface area contributed by atoms with E-state index in [0.29, 0.717) is 6.04 Å². The summed E-state index contributed by atoms with van der Waals surface area (Å²) in [6.07, 6.45) is 3.04. The second kappa shape index (κ2) is 7.24. The minimum atomic E-state index is -0.439. The maximum absolute atomic E-state index is 12.6. The van der Waals surface area contributed by atoms with Gasteiger partial charge in [0.15, 0.2) is 0 Å². The largest absolute Gasteiger partial charge is 0.497 e. The van der Waals surface area contributed by atoms with Crippen molar-refractivity contribution in [2.45, 2.75) is 64.3 Å². The lowest BCUT2D eigenvalue weighted by atomic mass is 10.1. The van der Waals surface area contributed by atoms with E-state index in [-0.39, 0.29) is 12.1 Å². The molecule has 2 fully saturated rings. The monoisotopic (exact) mass is 346 g/mol. The molecule has 0 saturated carbocycles. The standard InChI is InChI=1S/C20H30N2O3/c1-20(2,3)25-19(23)22-16-7-8-17(22)14-21(12-11-16)13-15-5-9-18(24-4)10-6-15/h5-6,9-10,16-17H,7-8,11-14H2,1-4H3. The normalized spacial score (nSPS) is 24.1. The van der Waals surface area contributed by atoms with E-state index in [0.717, 1.165) is 44.6 Å². The van der Waals surface area contributed by atoms with Crippen molar-refractivity contribution in [3.8, 4) is 5.75 Å². The van der Waals surface area contributed by atoms with Crippen LogP contribution < -0.4 is 4.74 Å². The molecule has 1 aromatic rings. The molecule has 25 heavy (non-hydrogen) atoms. The van der Waals surface area contributed by atoms with Crippen molar-refractivity contribution in [1.29, 1.82) is 0 Å². The smallest absolute Gasteiger partial charge is 0.410 e. The van der Waals surface area contributed by atoms with Crippen LogP contribution in [0.25, 0.3) is 0 Å². The summed E-state index contributed by atoms with van der Waals surface area (Å²) < 4.78 is 10.9. The molecule has 0 aromatic heterocycles. The molecule has 3 rings (SSSR count). The number of benzene rings is 1. The average molecular weight is 346 g/mol. The summed E-state index contributed by atoms with van der Waals surface area (Å²) in [6.45, 7) is 8.64. The molecule has 0 radical (unpaired) electrons. The highest BCUT2D eigenvalue weighted by molar-refractivity contribution is 5.69. The van der Waals surface area contributed by atoms with Gasteiger partial charge in [0.05, 0.1) is 7.11 Å². The molecular formula is C20H30N2O3. The van der Waals surface area contributed by atoms with Gasteiger partial charge >= 0.3 is 6.09 Å². The predicted octanol–water partition coefficient (Wildman–Crippen LogP) is 3.67. The van der Waals surface area contributed by atoms with Gasteiger partial charge in [-0.25, -0.2) is 4.79 Å². The first kappa shape index (κ1) is 18.1. The Balaban J connectivity index is 1.64. The molecule has 5 heteroatoms. The zero-order valence-corrected chi connectivity index (χ0v) is 15.8. The molecule has 2 aliphatic heterocycles. The lowest BCUT2D eigenvalue weighted by Gasteiger charge is -2.31. The Morgan fingerprint density at radius 1 is 1.12 bits per heavy atom. The van der Waals surface area contributed by atoms with Crippen LogP contribution in [0.5, 0.6) is 5.75 Å². The predicted molar refractivity (Wildman–Crippen MR) is 97.8 cm³/mol. The highest BCUT2D eigenvalue weighted by Gasteiger charge is 2.41. The number of hydrogen-bond donors (Lipinski definition) is 0. The second-order valence-corrected chi connectivity index (χ2v) is 8.14. The van der Waals surface area contributed by atoms with Crippen LogP contribution in [0.15, 0.2) is 24.3 Å². The van der Waals surface area contributed by atoms with Crippen LogP contribution in [0.2, 0.25) is 0 Å². The second-order valence-electron chi connectivity index (χ2n) is 8.14. The van der Waals surface area contributed by atoms with Crippen molar-refractivity contribution in [3.05, 3.63) is 29.8 Å². The van der Waals surface area contributed by atoms with Gasteiger partial charge < -0.3 is 14.4 Å². The van der Waals surface area contributed by atoms with E-state index < -0.39 is 5.60 Å². The molecule has 2 heterocycles. The van der Waals surface area contributed by atoms with Crippen molar-refractivity contribution in [2.24, 2.45) is 0 Å². The number of methoxy groups -OCH3 is 1. The molecule has 5 nitrogen and oxygen atoms in total. The van der Waals surface area contributed by atoms with E-state index in [2.05, 4.69) is 17.0 Å². The van der Waals surface area contributed by atoms with E-state index >= 15 is 0 Å². The molecule has 1 aromatic carbocycles. The Kier molecular flexibility index (Phi) is 5.23. The molecule has 2 atom stereocenters. The number of amides is 1. The Morgan fingerprint density at radius 2 is 1.80 bits per heavy atom. The first-order valence-electron chi connectivity index (χ1n) is 9.22. The maximum atomic E-state index is 12.6. The lowest BCUT2D eigenvalue weighted by molar-refractivity contribution is 0.0153. The van der Waals surface area contributed by atoms with Gasteiger partial charge in [-0.15, -0.1) is 0 Å². The fraction of sp³-hybridized carbons (Fsp3) is 0.650. The van der Waals surface area contributed by atoms with Gasteiger partial charge in [0, 0.05) is 31.7 Å². The minimum Gasteiger partial charge on any atom is -0.497 e. The molecule has 0 spiro atoms. The van der Waals surface area contributed by atoms with Gasteiger partial charge in [-0.3, -0.25) is 4.90 Å². The molecule has 0 aliphatic carbocycles. The van der Waals surface area contributed by atoms with Gasteiger partial charge in [0.2, 0.25) is 0 Å². The van der Waals surface area contributed by atoms with Gasteiger partial charge in [-0.1, -0.05) is 12.1 Å². The summed E-state index contributed by atoms with van der Waals surface area (Å²) >= 11 is 0. The molecular weight excluding hydrogens is 316 g/mol. The van der Waals surface area contributed by atoms with E-state index in [1.54, 1.807) is 7.11 Å². The number of ether oxygens (including phenoxy) is 2. The number of nitrogens with zero attached hydrogens (tertiary/aromatic N) is 2. The van der Waals surface area contributed by atoms with E-state index in [1.165, 1.54) is 5.56 Å². The minimum absolute atomic E-state index is 0.147. The van der Waals surface area contributed by atoms with Crippen LogP contribution in [0.1, 0.15) is 45.6 Å². The van der Waals surface area contributed by atoms with E-state index in [4.69, 9.17) is 9.47 Å². The van der Waals surface area contributed by atoms with Crippen LogP contribution in [-0.2, 0) is 11.3 Å². The average Bonchev–Trinajstić information content (AvgIpc) is 2.84. The SMILES string of the molecule is COc1ccc(CN2CCC3CCC(C2)N3C(=O)OC(C)(C)C)cc1. The molecule has 0 N–H and O–H groups in total. The Hall–Kier alpha value is -1.75. The number of fused-ring (bicyclic) bond motifs is 2. The van der Waals surface area contributed by atoms with Crippen molar-refractivity contribution < 1.29 is 14.3 Å². The third-order valence-corrected chi connectivity index (χ3v) is 5.04. The summed E-state index contributed by atoms with van der Waals surface area (Å²) in [5.41, 5.74) is 0.841. The summed E-state index contributed by atoms with van der Waals surface area (Å²) in [4.78, 5) is 17.1. The zero-order chi connectivity index (χ0) is 18.0.